The number of fused-ring (bicyclic) bond motifs is 1. The molecule has 2 N–H and O–H groups in total. The standard InChI is InChI=1S/C25H26FN5O4/c26-18-12-16(14-30-8-10-35-11-9-30)4-5-17(18)13-27-19-2-1-3-20-23(19)25(34)31(15-28-20)21-6-7-22(32)29-24(21)33/h1-5,12,15,21,27H,6-11,13-14H2,(H,29,32,33). The molecule has 10 heteroatoms. The molecule has 5 rings (SSSR count). The maximum absolute atomic E-state index is 14.8. The van der Waals surface area contributed by atoms with E-state index in [4.69, 9.17) is 4.74 Å². The minimum atomic E-state index is -0.804. The molecule has 2 amide bonds. The number of aromatic nitrogens is 2. The first-order valence-electron chi connectivity index (χ1n) is 11.6. The minimum absolute atomic E-state index is 0.154. The molecule has 2 aliphatic rings. The fraction of sp³-hybridized carbons (Fsp3) is 0.360. The first-order valence-corrected chi connectivity index (χ1v) is 11.6. The summed E-state index contributed by atoms with van der Waals surface area (Å²) in [5.74, 6) is -1.19. The van der Waals surface area contributed by atoms with Gasteiger partial charge in [0.2, 0.25) is 11.8 Å². The number of piperidine rings is 1. The molecule has 0 spiro atoms. The van der Waals surface area contributed by atoms with Gasteiger partial charge in [-0.15, -0.1) is 0 Å². The maximum atomic E-state index is 14.8. The predicted molar refractivity (Wildman–Crippen MR) is 127 cm³/mol. The highest BCUT2D eigenvalue weighted by atomic mass is 19.1. The van der Waals surface area contributed by atoms with E-state index < -0.39 is 17.5 Å². The summed E-state index contributed by atoms with van der Waals surface area (Å²) < 4.78 is 21.5. The van der Waals surface area contributed by atoms with E-state index in [1.165, 1.54) is 10.9 Å². The number of anilines is 1. The second-order valence-electron chi connectivity index (χ2n) is 8.79. The van der Waals surface area contributed by atoms with Gasteiger partial charge in [0, 0.05) is 43.9 Å². The van der Waals surface area contributed by atoms with Gasteiger partial charge in [-0.05, 0) is 30.2 Å². The van der Waals surface area contributed by atoms with Crippen molar-refractivity contribution >= 4 is 28.4 Å². The van der Waals surface area contributed by atoms with Gasteiger partial charge in [-0.3, -0.25) is 29.2 Å². The van der Waals surface area contributed by atoms with Crippen LogP contribution in [0, 0.1) is 5.82 Å². The molecule has 0 aliphatic carbocycles. The molecule has 2 fully saturated rings. The zero-order valence-corrected chi connectivity index (χ0v) is 19.1. The topological polar surface area (TPSA) is 106 Å². The average Bonchev–Trinajstić information content (AvgIpc) is 2.85. The maximum Gasteiger partial charge on any atom is 0.264 e. The Kier molecular flexibility index (Phi) is 6.56. The molecule has 2 saturated heterocycles. The first-order chi connectivity index (χ1) is 17.0. The molecule has 35 heavy (non-hydrogen) atoms. The molecular weight excluding hydrogens is 453 g/mol. The third kappa shape index (κ3) is 4.94. The Morgan fingerprint density at radius 2 is 1.97 bits per heavy atom. The Morgan fingerprint density at radius 1 is 1.14 bits per heavy atom. The quantitative estimate of drug-likeness (QED) is 0.521. The summed E-state index contributed by atoms with van der Waals surface area (Å²) in [6, 6.07) is 9.60. The lowest BCUT2D eigenvalue weighted by Gasteiger charge is -2.26. The lowest BCUT2D eigenvalue weighted by Crippen LogP contribution is -2.44. The predicted octanol–water partition coefficient (Wildman–Crippen LogP) is 1.96. The van der Waals surface area contributed by atoms with Crippen molar-refractivity contribution in [3.05, 3.63) is 70.0 Å². The van der Waals surface area contributed by atoms with Crippen LogP contribution in [0.4, 0.5) is 10.1 Å². The molecule has 182 valence electrons. The van der Waals surface area contributed by atoms with Gasteiger partial charge in [0.15, 0.2) is 0 Å². The van der Waals surface area contributed by atoms with Crippen molar-refractivity contribution in [2.75, 3.05) is 31.6 Å². The molecule has 1 atom stereocenters. The fourth-order valence-electron chi connectivity index (χ4n) is 4.54. The molecule has 0 radical (unpaired) electrons. The number of hydrogen-bond donors (Lipinski definition) is 2. The van der Waals surface area contributed by atoms with Crippen LogP contribution in [0.25, 0.3) is 10.9 Å². The summed E-state index contributed by atoms with van der Waals surface area (Å²) in [7, 11) is 0. The lowest BCUT2D eigenvalue weighted by atomic mass is 10.1. The number of hydrogen-bond acceptors (Lipinski definition) is 7. The zero-order valence-electron chi connectivity index (χ0n) is 19.1. The van der Waals surface area contributed by atoms with Gasteiger partial charge in [-0.2, -0.15) is 0 Å². The van der Waals surface area contributed by atoms with Crippen molar-refractivity contribution in [3.63, 3.8) is 0 Å². The summed E-state index contributed by atoms with van der Waals surface area (Å²) >= 11 is 0. The Morgan fingerprint density at radius 3 is 2.74 bits per heavy atom. The van der Waals surface area contributed by atoms with E-state index in [0.717, 1.165) is 18.7 Å². The number of ether oxygens (including phenoxy) is 1. The monoisotopic (exact) mass is 479 g/mol. The second kappa shape index (κ2) is 9.93. The zero-order chi connectivity index (χ0) is 24.4. The highest BCUT2D eigenvalue weighted by Crippen LogP contribution is 2.23. The van der Waals surface area contributed by atoms with Crippen molar-refractivity contribution in [2.45, 2.75) is 32.0 Å². The van der Waals surface area contributed by atoms with Crippen LogP contribution >= 0.6 is 0 Å². The van der Waals surface area contributed by atoms with Crippen LogP contribution < -0.4 is 16.2 Å². The Bertz CT molecular complexity index is 1340. The van der Waals surface area contributed by atoms with Gasteiger partial charge in [-0.25, -0.2) is 9.37 Å². The van der Waals surface area contributed by atoms with E-state index in [1.807, 2.05) is 6.07 Å². The first kappa shape index (κ1) is 23.1. The number of halogens is 1. The number of amides is 2. The average molecular weight is 480 g/mol. The van der Waals surface area contributed by atoms with E-state index >= 15 is 0 Å². The van der Waals surface area contributed by atoms with E-state index in [0.29, 0.717) is 41.9 Å². The molecular formula is C25H26FN5O4. The molecule has 9 nitrogen and oxygen atoms in total. The highest BCUT2D eigenvalue weighted by molar-refractivity contribution is 5.99. The van der Waals surface area contributed by atoms with Gasteiger partial charge in [0.05, 0.1) is 30.4 Å². The van der Waals surface area contributed by atoms with Crippen molar-refractivity contribution in [1.82, 2.24) is 19.8 Å². The van der Waals surface area contributed by atoms with Crippen LogP contribution in [0.5, 0.6) is 0 Å². The summed E-state index contributed by atoms with van der Waals surface area (Å²) in [6.45, 7) is 3.89. The Labute approximate surface area is 200 Å². The molecule has 3 aromatic rings. The van der Waals surface area contributed by atoms with E-state index in [9.17, 15) is 18.8 Å². The summed E-state index contributed by atoms with van der Waals surface area (Å²) in [5.41, 5.74) is 1.94. The summed E-state index contributed by atoms with van der Waals surface area (Å²) in [5, 5.41) is 5.74. The Hall–Kier alpha value is -3.63. The molecule has 0 bridgehead atoms. The number of nitrogens with one attached hydrogen (secondary N) is 2. The molecule has 1 unspecified atom stereocenters. The SMILES string of the molecule is O=C1CCC(n2cnc3cccc(NCc4ccc(CN5CCOCC5)cc4F)c3c2=O)C(=O)N1. The van der Waals surface area contributed by atoms with Crippen LogP contribution in [0.15, 0.2) is 47.5 Å². The Balaban J connectivity index is 1.36. The van der Waals surface area contributed by atoms with Crippen LogP contribution in [0.1, 0.15) is 30.0 Å². The van der Waals surface area contributed by atoms with Gasteiger partial charge < -0.3 is 10.1 Å². The third-order valence-electron chi connectivity index (χ3n) is 6.45. The van der Waals surface area contributed by atoms with E-state index in [2.05, 4.69) is 20.5 Å². The second-order valence-corrected chi connectivity index (χ2v) is 8.79. The number of carbonyl (C=O) groups is 2. The fourth-order valence-corrected chi connectivity index (χ4v) is 4.54. The van der Waals surface area contributed by atoms with Gasteiger partial charge in [-0.1, -0.05) is 18.2 Å². The number of nitrogens with zero attached hydrogens (tertiary/aromatic N) is 3. The lowest BCUT2D eigenvalue weighted by molar-refractivity contribution is -0.135. The van der Waals surface area contributed by atoms with Crippen LogP contribution in [0.3, 0.4) is 0 Å². The largest absolute Gasteiger partial charge is 0.380 e. The van der Waals surface area contributed by atoms with Gasteiger partial charge in [0.1, 0.15) is 11.9 Å². The van der Waals surface area contributed by atoms with Crippen LogP contribution in [-0.4, -0.2) is 52.6 Å². The number of carbonyl (C=O) groups excluding carboxylic acids is 2. The van der Waals surface area contributed by atoms with Crippen molar-refractivity contribution < 1.29 is 18.7 Å². The van der Waals surface area contributed by atoms with Crippen molar-refractivity contribution in [2.24, 2.45) is 0 Å². The molecule has 1 aromatic heterocycles. The number of imide groups is 1. The molecule has 0 saturated carbocycles. The number of morpholine rings is 1. The van der Waals surface area contributed by atoms with E-state index in [1.54, 1.807) is 30.3 Å². The number of benzene rings is 2. The summed E-state index contributed by atoms with van der Waals surface area (Å²) in [6.07, 6.45) is 1.72. The van der Waals surface area contributed by atoms with Gasteiger partial charge >= 0.3 is 0 Å². The summed E-state index contributed by atoms with van der Waals surface area (Å²) in [4.78, 5) is 43.7. The molecule has 2 aliphatic heterocycles. The van der Waals surface area contributed by atoms with E-state index in [-0.39, 0.29) is 31.1 Å². The highest BCUT2D eigenvalue weighted by Gasteiger charge is 2.29. The van der Waals surface area contributed by atoms with Gasteiger partial charge in [0.25, 0.3) is 5.56 Å². The number of rotatable bonds is 6. The smallest absolute Gasteiger partial charge is 0.264 e. The van der Waals surface area contributed by atoms with Crippen LogP contribution in [0.2, 0.25) is 0 Å². The van der Waals surface area contributed by atoms with Crippen LogP contribution in [-0.2, 0) is 27.4 Å². The van der Waals surface area contributed by atoms with Crippen molar-refractivity contribution in [1.29, 1.82) is 0 Å². The molecule has 3 heterocycles. The third-order valence-corrected chi connectivity index (χ3v) is 6.45. The minimum Gasteiger partial charge on any atom is -0.380 e. The van der Waals surface area contributed by atoms with Crippen molar-refractivity contribution in [3.8, 4) is 0 Å². The normalized spacial score (nSPS) is 19.1. The molecule has 2 aromatic carbocycles.